The van der Waals surface area contributed by atoms with Crippen LogP contribution < -0.4 is 0 Å². The Kier molecular flexibility index (Phi) is 3.64. The Morgan fingerprint density at radius 3 is 3.00 bits per heavy atom. The number of nitrogens with zero attached hydrogens (tertiary/aromatic N) is 2. The molecule has 0 aromatic carbocycles. The zero-order chi connectivity index (χ0) is 11.5. The number of aliphatic hydroxyl groups is 1. The van der Waals surface area contributed by atoms with Crippen molar-refractivity contribution in [3.05, 3.63) is 18.2 Å². The van der Waals surface area contributed by atoms with Crippen LogP contribution in [0.15, 0.2) is 12.4 Å². The van der Waals surface area contributed by atoms with E-state index in [0.717, 1.165) is 31.0 Å². The van der Waals surface area contributed by atoms with Crippen molar-refractivity contribution in [3.8, 4) is 0 Å². The molecule has 0 spiro atoms. The Bertz CT molecular complexity index is 334. The summed E-state index contributed by atoms with van der Waals surface area (Å²) in [6, 6.07) is 0. The van der Waals surface area contributed by atoms with Crippen LogP contribution in [0.2, 0.25) is 0 Å². The topological polar surface area (TPSA) is 38.1 Å². The molecule has 90 valence electrons. The highest BCUT2D eigenvalue weighted by Crippen LogP contribution is 2.31. The van der Waals surface area contributed by atoms with Crippen LogP contribution in [0.1, 0.15) is 38.4 Å². The summed E-state index contributed by atoms with van der Waals surface area (Å²) in [5.41, 5.74) is 0. The van der Waals surface area contributed by atoms with Crippen LogP contribution >= 0.6 is 0 Å². The molecule has 0 radical (unpaired) electrons. The van der Waals surface area contributed by atoms with E-state index in [0.29, 0.717) is 5.92 Å². The fourth-order valence-electron chi connectivity index (χ4n) is 2.74. The molecule has 1 heterocycles. The molecule has 1 saturated carbocycles. The van der Waals surface area contributed by atoms with Crippen molar-refractivity contribution in [2.45, 2.75) is 45.1 Å². The Hall–Kier alpha value is -0.830. The zero-order valence-electron chi connectivity index (χ0n) is 10.3. The molecule has 0 amide bonds. The second-order valence-corrected chi connectivity index (χ2v) is 5.24. The molecule has 1 fully saturated rings. The quantitative estimate of drug-likeness (QED) is 0.851. The summed E-state index contributed by atoms with van der Waals surface area (Å²) >= 11 is 0. The minimum absolute atomic E-state index is 0.0866. The van der Waals surface area contributed by atoms with Crippen molar-refractivity contribution in [2.24, 2.45) is 18.9 Å². The number of imidazole rings is 1. The van der Waals surface area contributed by atoms with Gasteiger partial charge in [0, 0.05) is 25.9 Å². The molecular weight excluding hydrogens is 200 g/mol. The molecule has 2 rings (SSSR count). The number of hydrogen-bond acceptors (Lipinski definition) is 2. The maximum Gasteiger partial charge on any atom is 0.108 e. The molecule has 1 aromatic heterocycles. The molecule has 1 aromatic rings. The SMILES string of the molecule is CC1CCC(O)C(CCc2nccn2C)C1. The first-order valence-electron chi connectivity index (χ1n) is 6.31. The number of hydrogen-bond donors (Lipinski definition) is 1. The minimum Gasteiger partial charge on any atom is -0.393 e. The van der Waals surface area contributed by atoms with Crippen molar-refractivity contribution < 1.29 is 5.11 Å². The second kappa shape index (κ2) is 5.00. The van der Waals surface area contributed by atoms with Crippen molar-refractivity contribution >= 4 is 0 Å². The molecule has 0 bridgehead atoms. The summed E-state index contributed by atoms with van der Waals surface area (Å²) in [6.07, 6.45) is 9.12. The highest BCUT2D eigenvalue weighted by Gasteiger charge is 2.26. The standard InChI is InChI=1S/C13H22N2O/c1-10-3-5-12(16)11(9-10)4-6-13-14-7-8-15(13)2/h7-8,10-12,16H,3-6,9H2,1-2H3. The Balaban J connectivity index is 1.87. The van der Waals surface area contributed by atoms with Crippen LogP contribution in [0.3, 0.4) is 0 Å². The van der Waals surface area contributed by atoms with Gasteiger partial charge in [-0.15, -0.1) is 0 Å². The molecular formula is C13H22N2O. The van der Waals surface area contributed by atoms with Crippen LogP contribution in [-0.4, -0.2) is 20.8 Å². The molecule has 1 aliphatic rings. The maximum absolute atomic E-state index is 9.96. The van der Waals surface area contributed by atoms with Gasteiger partial charge in [0.15, 0.2) is 0 Å². The van der Waals surface area contributed by atoms with E-state index in [9.17, 15) is 5.11 Å². The van der Waals surface area contributed by atoms with Gasteiger partial charge in [0.2, 0.25) is 0 Å². The molecule has 1 aliphatic carbocycles. The first-order chi connectivity index (χ1) is 7.66. The third-order valence-electron chi connectivity index (χ3n) is 3.86. The van der Waals surface area contributed by atoms with Crippen molar-refractivity contribution in [3.63, 3.8) is 0 Å². The van der Waals surface area contributed by atoms with E-state index in [1.165, 1.54) is 12.8 Å². The van der Waals surface area contributed by atoms with Gasteiger partial charge in [-0.1, -0.05) is 6.92 Å². The van der Waals surface area contributed by atoms with Crippen LogP contribution in [0.4, 0.5) is 0 Å². The average molecular weight is 222 g/mol. The number of rotatable bonds is 3. The lowest BCUT2D eigenvalue weighted by molar-refractivity contribution is 0.0473. The fourth-order valence-corrected chi connectivity index (χ4v) is 2.74. The van der Waals surface area contributed by atoms with Crippen LogP contribution in [0, 0.1) is 11.8 Å². The van der Waals surface area contributed by atoms with E-state index < -0.39 is 0 Å². The summed E-state index contributed by atoms with van der Waals surface area (Å²) in [7, 11) is 2.03. The van der Waals surface area contributed by atoms with Gasteiger partial charge in [0.25, 0.3) is 0 Å². The van der Waals surface area contributed by atoms with E-state index in [1.807, 2.05) is 19.4 Å². The summed E-state index contributed by atoms with van der Waals surface area (Å²) < 4.78 is 2.07. The highest BCUT2D eigenvalue weighted by molar-refractivity contribution is 4.92. The van der Waals surface area contributed by atoms with Gasteiger partial charge >= 0.3 is 0 Å². The summed E-state index contributed by atoms with van der Waals surface area (Å²) in [5, 5.41) is 9.96. The summed E-state index contributed by atoms with van der Waals surface area (Å²) in [5.74, 6) is 2.38. The van der Waals surface area contributed by atoms with Crippen LogP contribution in [0.5, 0.6) is 0 Å². The predicted molar refractivity (Wildman–Crippen MR) is 64.0 cm³/mol. The molecule has 1 N–H and O–H groups in total. The van der Waals surface area contributed by atoms with Crippen molar-refractivity contribution in [1.29, 1.82) is 0 Å². The fraction of sp³-hybridized carbons (Fsp3) is 0.769. The first kappa shape index (κ1) is 11.6. The lowest BCUT2D eigenvalue weighted by atomic mass is 9.78. The average Bonchev–Trinajstić information content (AvgIpc) is 2.66. The normalized spacial score (nSPS) is 30.6. The summed E-state index contributed by atoms with van der Waals surface area (Å²) in [6.45, 7) is 2.29. The minimum atomic E-state index is -0.0866. The Morgan fingerprint density at radius 1 is 1.50 bits per heavy atom. The monoisotopic (exact) mass is 222 g/mol. The van der Waals surface area contributed by atoms with Gasteiger partial charge in [0.1, 0.15) is 5.82 Å². The molecule has 3 heteroatoms. The van der Waals surface area contributed by atoms with Gasteiger partial charge in [-0.2, -0.15) is 0 Å². The second-order valence-electron chi connectivity index (χ2n) is 5.24. The Morgan fingerprint density at radius 2 is 2.31 bits per heavy atom. The molecule has 3 unspecified atom stereocenters. The predicted octanol–water partition coefficient (Wildman–Crippen LogP) is 2.15. The molecule has 16 heavy (non-hydrogen) atoms. The molecule has 0 aliphatic heterocycles. The van der Waals surface area contributed by atoms with Gasteiger partial charge in [-0.25, -0.2) is 4.98 Å². The van der Waals surface area contributed by atoms with Gasteiger partial charge in [0.05, 0.1) is 6.10 Å². The maximum atomic E-state index is 9.96. The van der Waals surface area contributed by atoms with E-state index in [1.54, 1.807) is 0 Å². The highest BCUT2D eigenvalue weighted by atomic mass is 16.3. The van der Waals surface area contributed by atoms with Gasteiger partial charge < -0.3 is 9.67 Å². The van der Waals surface area contributed by atoms with Gasteiger partial charge in [-0.3, -0.25) is 0 Å². The third kappa shape index (κ3) is 2.64. The Labute approximate surface area is 97.5 Å². The van der Waals surface area contributed by atoms with Crippen LogP contribution in [0.25, 0.3) is 0 Å². The van der Waals surface area contributed by atoms with Crippen LogP contribution in [-0.2, 0) is 13.5 Å². The number of aliphatic hydroxyl groups excluding tert-OH is 1. The van der Waals surface area contributed by atoms with E-state index in [-0.39, 0.29) is 6.10 Å². The van der Waals surface area contributed by atoms with Crippen molar-refractivity contribution in [1.82, 2.24) is 9.55 Å². The largest absolute Gasteiger partial charge is 0.393 e. The molecule has 3 nitrogen and oxygen atoms in total. The lowest BCUT2D eigenvalue weighted by Crippen LogP contribution is -2.28. The summed E-state index contributed by atoms with van der Waals surface area (Å²) in [4.78, 5) is 4.33. The van der Waals surface area contributed by atoms with E-state index >= 15 is 0 Å². The smallest absolute Gasteiger partial charge is 0.108 e. The molecule has 0 saturated heterocycles. The zero-order valence-corrected chi connectivity index (χ0v) is 10.3. The first-order valence-corrected chi connectivity index (χ1v) is 6.31. The lowest BCUT2D eigenvalue weighted by Gasteiger charge is -2.31. The van der Waals surface area contributed by atoms with Gasteiger partial charge in [-0.05, 0) is 37.5 Å². The number of aromatic nitrogens is 2. The third-order valence-corrected chi connectivity index (χ3v) is 3.86. The van der Waals surface area contributed by atoms with Crippen molar-refractivity contribution in [2.75, 3.05) is 0 Å². The molecule has 3 atom stereocenters. The van der Waals surface area contributed by atoms with E-state index in [4.69, 9.17) is 0 Å². The van der Waals surface area contributed by atoms with E-state index in [2.05, 4.69) is 16.5 Å². The number of aryl methyl sites for hydroxylation is 2.